The highest BCUT2D eigenvalue weighted by Gasteiger charge is 2.26. The molecule has 2 aliphatic heterocycles. The molecule has 0 radical (unpaired) electrons. The van der Waals surface area contributed by atoms with Crippen LogP contribution in [0.25, 0.3) is 0 Å². The largest absolute Gasteiger partial charge is 0.490 e. The van der Waals surface area contributed by atoms with Gasteiger partial charge in [-0.05, 0) is 36.8 Å². The number of benzene rings is 2. The number of fused-ring (bicyclic) bond motifs is 1. The molecule has 0 saturated heterocycles. The number of hydrazine groups is 1. The van der Waals surface area contributed by atoms with Crippen LogP contribution in [-0.2, 0) is 9.59 Å². The number of hydrogen-bond donors (Lipinski definition) is 2. The Balaban J connectivity index is 1.45. The minimum atomic E-state index is -0.391. The van der Waals surface area contributed by atoms with Crippen LogP contribution in [0.15, 0.2) is 53.5 Å². The fourth-order valence-corrected chi connectivity index (χ4v) is 3.13. The third-order valence-corrected chi connectivity index (χ3v) is 4.69. The molecule has 4 rings (SSSR count). The van der Waals surface area contributed by atoms with Crippen molar-refractivity contribution in [2.75, 3.05) is 24.8 Å². The number of amides is 2. The van der Waals surface area contributed by atoms with Gasteiger partial charge in [0.2, 0.25) is 5.84 Å². The zero-order chi connectivity index (χ0) is 20.2. The molecule has 0 spiro atoms. The molecule has 29 heavy (non-hydrogen) atoms. The molecule has 2 aromatic carbocycles. The van der Waals surface area contributed by atoms with E-state index in [0.717, 1.165) is 12.0 Å². The van der Waals surface area contributed by atoms with E-state index in [2.05, 4.69) is 15.7 Å². The van der Waals surface area contributed by atoms with Gasteiger partial charge in [0.25, 0.3) is 11.8 Å². The molecule has 1 atom stereocenters. The van der Waals surface area contributed by atoms with Crippen molar-refractivity contribution in [3.63, 3.8) is 0 Å². The van der Waals surface area contributed by atoms with E-state index in [1.54, 1.807) is 12.1 Å². The summed E-state index contributed by atoms with van der Waals surface area (Å²) in [4.78, 5) is 29.0. The summed E-state index contributed by atoms with van der Waals surface area (Å²) in [5.41, 5.74) is 4.34. The first-order chi connectivity index (χ1) is 14.1. The molecule has 2 aliphatic rings. The Morgan fingerprint density at radius 2 is 1.90 bits per heavy atom. The number of amidine groups is 1. The fraction of sp³-hybridized carbons (Fsp3) is 0.286. The van der Waals surface area contributed by atoms with Crippen LogP contribution in [0.2, 0.25) is 0 Å². The van der Waals surface area contributed by atoms with Gasteiger partial charge in [-0.25, -0.2) is 5.01 Å². The lowest BCUT2D eigenvalue weighted by Crippen LogP contribution is -2.56. The second kappa shape index (κ2) is 8.22. The summed E-state index contributed by atoms with van der Waals surface area (Å²) in [6, 6.07) is 14.4. The number of rotatable bonds is 4. The van der Waals surface area contributed by atoms with Crippen molar-refractivity contribution in [1.29, 1.82) is 0 Å². The predicted octanol–water partition coefficient (Wildman–Crippen LogP) is 1.97. The first-order valence-corrected chi connectivity index (χ1v) is 9.51. The number of nitrogens with one attached hydrogen (secondary N) is 2. The van der Waals surface area contributed by atoms with Gasteiger partial charge in [-0.3, -0.25) is 20.0 Å². The Kier molecular flexibility index (Phi) is 5.33. The van der Waals surface area contributed by atoms with Crippen molar-refractivity contribution in [2.24, 2.45) is 4.99 Å². The number of para-hydroxylation sites is 1. The summed E-state index contributed by atoms with van der Waals surface area (Å²) in [5, 5.41) is 4.24. The van der Waals surface area contributed by atoms with Crippen LogP contribution < -0.4 is 25.2 Å². The Labute approximate surface area is 168 Å². The smallest absolute Gasteiger partial charge is 0.288 e. The zero-order valence-corrected chi connectivity index (χ0v) is 16.1. The second-order valence-electron chi connectivity index (χ2n) is 6.79. The second-order valence-corrected chi connectivity index (χ2v) is 6.79. The summed E-state index contributed by atoms with van der Waals surface area (Å²) in [6.07, 6.45) is 0.832. The van der Waals surface area contributed by atoms with Gasteiger partial charge in [0.15, 0.2) is 11.5 Å². The number of aliphatic imine (C=N–C) groups is 1. The van der Waals surface area contributed by atoms with Crippen LogP contribution in [0.1, 0.15) is 24.9 Å². The molecule has 0 fully saturated rings. The van der Waals surface area contributed by atoms with Gasteiger partial charge in [-0.15, -0.1) is 0 Å². The van der Waals surface area contributed by atoms with Crippen molar-refractivity contribution in [1.82, 2.24) is 10.7 Å². The van der Waals surface area contributed by atoms with Crippen LogP contribution in [0.4, 0.5) is 5.69 Å². The maximum Gasteiger partial charge on any atom is 0.288 e. The number of anilines is 1. The fourth-order valence-electron chi connectivity index (χ4n) is 3.13. The maximum atomic E-state index is 12.7. The van der Waals surface area contributed by atoms with Crippen molar-refractivity contribution < 1.29 is 19.1 Å². The Bertz CT molecular complexity index is 945. The van der Waals surface area contributed by atoms with Gasteiger partial charge in [0, 0.05) is 6.42 Å². The molecule has 2 heterocycles. The topological polar surface area (TPSA) is 92.3 Å². The van der Waals surface area contributed by atoms with E-state index in [1.165, 1.54) is 5.01 Å². The average molecular weight is 394 g/mol. The van der Waals surface area contributed by atoms with E-state index in [9.17, 15) is 9.59 Å². The van der Waals surface area contributed by atoms with Crippen molar-refractivity contribution in [3.8, 4) is 11.5 Å². The third-order valence-electron chi connectivity index (χ3n) is 4.69. The molecular formula is C21H22N4O4. The lowest BCUT2D eigenvalue weighted by atomic mass is 10.1. The van der Waals surface area contributed by atoms with Crippen molar-refractivity contribution in [3.05, 3.63) is 54.1 Å². The SMILES string of the molecule is C[C@H](NC(=O)C1=NCC(=O)N(c2ccccc2)N1)c1ccc2c(c1)OCCCO2. The van der Waals surface area contributed by atoms with Crippen molar-refractivity contribution >= 4 is 23.3 Å². The predicted molar refractivity (Wildman–Crippen MR) is 108 cm³/mol. The molecule has 2 N–H and O–H groups in total. The summed E-state index contributed by atoms with van der Waals surface area (Å²) < 4.78 is 11.4. The lowest BCUT2D eigenvalue weighted by molar-refractivity contribution is -0.118. The van der Waals surface area contributed by atoms with Crippen molar-refractivity contribution in [2.45, 2.75) is 19.4 Å². The van der Waals surface area contributed by atoms with Gasteiger partial charge in [-0.2, -0.15) is 0 Å². The summed E-state index contributed by atoms with van der Waals surface area (Å²) in [7, 11) is 0. The summed E-state index contributed by atoms with van der Waals surface area (Å²) in [6.45, 7) is 3.01. The molecule has 0 aliphatic carbocycles. The number of hydrogen-bond acceptors (Lipinski definition) is 6. The van der Waals surface area contributed by atoms with E-state index < -0.39 is 5.91 Å². The monoisotopic (exact) mass is 394 g/mol. The first-order valence-electron chi connectivity index (χ1n) is 9.51. The van der Waals surface area contributed by atoms with Crippen LogP contribution >= 0.6 is 0 Å². The molecule has 0 bridgehead atoms. The highest BCUT2D eigenvalue weighted by atomic mass is 16.5. The van der Waals surface area contributed by atoms with Gasteiger partial charge in [0.05, 0.1) is 24.9 Å². The molecule has 150 valence electrons. The molecular weight excluding hydrogens is 372 g/mol. The highest BCUT2D eigenvalue weighted by Crippen LogP contribution is 2.32. The number of ether oxygens (including phenoxy) is 2. The maximum absolute atomic E-state index is 12.7. The summed E-state index contributed by atoms with van der Waals surface area (Å²) >= 11 is 0. The highest BCUT2D eigenvalue weighted by molar-refractivity contribution is 6.39. The van der Waals surface area contributed by atoms with E-state index in [0.29, 0.717) is 30.4 Å². The normalized spacial score (nSPS) is 16.9. The average Bonchev–Trinajstić information content (AvgIpc) is 2.99. The summed E-state index contributed by atoms with van der Waals surface area (Å²) in [5.74, 6) is 0.853. The molecule has 2 aromatic rings. The molecule has 0 saturated carbocycles. The molecule has 2 amide bonds. The van der Waals surface area contributed by atoms with E-state index in [-0.39, 0.29) is 24.3 Å². The van der Waals surface area contributed by atoms with Crippen LogP contribution in [0.5, 0.6) is 11.5 Å². The quantitative estimate of drug-likeness (QED) is 0.827. The Hall–Kier alpha value is -3.55. The van der Waals surface area contributed by atoms with E-state index in [1.807, 2.05) is 43.3 Å². The van der Waals surface area contributed by atoms with Gasteiger partial charge >= 0.3 is 0 Å². The van der Waals surface area contributed by atoms with Crippen LogP contribution in [-0.4, -0.2) is 37.4 Å². The lowest BCUT2D eigenvalue weighted by Gasteiger charge is -2.28. The van der Waals surface area contributed by atoms with Crippen LogP contribution in [0.3, 0.4) is 0 Å². The number of carbonyl (C=O) groups is 2. The molecule has 8 heteroatoms. The van der Waals surface area contributed by atoms with Gasteiger partial charge in [-0.1, -0.05) is 24.3 Å². The number of carbonyl (C=O) groups excluding carboxylic acids is 2. The van der Waals surface area contributed by atoms with Gasteiger partial charge in [0.1, 0.15) is 6.54 Å². The minimum Gasteiger partial charge on any atom is -0.490 e. The van der Waals surface area contributed by atoms with Crippen LogP contribution in [0, 0.1) is 0 Å². The van der Waals surface area contributed by atoms with Gasteiger partial charge < -0.3 is 14.8 Å². The Morgan fingerprint density at radius 3 is 2.69 bits per heavy atom. The Morgan fingerprint density at radius 1 is 1.14 bits per heavy atom. The minimum absolute atomic E-state index is 0.0923. The first kappa shape index (κ1) is 18.8. The third kappa shape index (κ3) is 4.16. The standard InChI is InChI=1S/C21H22N4O4/c1-14(15-8-9-17-18(12-15)29-11-5-10-28-17)23-21(27)20-22-13-19(26)25(24-20)16-6-3-2-4-7-16/h2-4,6-9,12,14H,5,10-11,13H2,1H3,(H,22,24)(H,23,27)/t14-/m0/s1. The molecule has 8 nitrogen and oxygen atoms in total. The molecule has 0 aromatic heterocycles. The van der Waals surface area contributed by atoms with E-state index in [4.69, 9.17) is 9.47 Å². The van der Waals surface area contributed by atoms with E-state index >= 15 is 0 Å². The molecule has 0 unspecified atom stereocenters. The number of nitrogens with zero attached hydrogens (tertiary/aromatic N) is 2. The zero-order valence-electron chi connectivity index (χ0n) is 16.1.